The molecule has 0 spiro atoms. The number of amides is 1. The molecule has 0 saturated heterocycles. The first-order valence-electron chi connectivity index (χ1n) is 12.2. The number of carbonyl (C=O) groups is 1. The first kappa shape index (κ1) is 24.3. The minimum Gasteiger partial charge on any atom is -0.497 e. The van der Waals surface area contributed by atoms with Gasteiger partial charge >= 0.3 is 0 Å². The van der Waals surface area contributed by atoms with Crippen molar-refractivity contribution in [3.05, 3.63) is 125 Å². The van der Waals surface area contributed by atoms with Crippen LogP contribution in [-0.2, 0) is 11.2 Å². The van der Waals surface area contributed by atoms with Crippen LogP contribution in [-0.4, -0.2) is 22.6 Å². The molecule has 37 heavy (non-hydrogen) atoms. The standard InChI is InChI=1S/C31H28FN3O2/c1-20-17-27-28(18-21(20)2)35(29(34-27)19-22-9-11-24(32)12-10-22)30(23-7-5-4-6-8-23)31(36)33-25-13-15-26(37-3)16-14-25/h4-18,30H,19H2,1-3H3,(H,33,36)/t30-/m0/s1. The van der Waals surface area contributed by atoms with E-state index in [0.29, 0.717) is 17.9 Å². The third-order valence-corrected chi connectivity index (χ3v) is 6.63. The Bertz CT molecular complexity index is 1540. The van der Waals surface area contributed by atoms with Crippen molar-refractivity contribution in [3.63, 3.8) is 0 Å². The number of imidazole rings is 1. The molecule has 1 aromatic heterocycles. The lowest BCUT2D eigenvalue weighted by molar-refractivity contribution is -0.118. The summed E-state index contributed by atoms with van der Waals surface area (Å²) in [5.74, 6) is 0.967. The van der Waals surface area contributed by atoms with Crippen molar-refractivity contribution in [2.75, 3.05) is 12.4 Å². The van der Waals surface area contributed by atoms with Crippen molar-refractivity contribution in [3.8, 4) is 5.75 Å². The Labute approximate surface area is 215 Å². The summed E-state index contributed by atoms with van der Waals surface area (Å²) in [5, 5.41) is 3.08. The third kappa shape index (κ3) is 5.09. The number of benzene rings is 4. The number of anilines is 1. The van der Waals surface area contributed by atoms with Crippen LogP contribution in [0.3, 0.4) is 0 Å². The highest BCUT2D eigenvalue weighted by atomic mass is 19.1. The Morgan fingerprint density at radius 1 is 0.946 bits per heavy atom. The van der Waals surface area contributed by atoms with Gasteiger partial charge in [-0.2, -0.15) is 0 Å². The van der Waals surface area contributed by atoms with Crippen LogP contribution >= 0.6 is 0 Å². The van der Waals surface area contributed by atoms with E-state index in [-0.39, 0.29) is 11.7 Å². The molecule has 0 bridgehead atoms. The molecule has 0 aliphatic carbocycles. The quantitative estimate of drug-likeness (QED) is 0.277. The fraction of sp³-hybridized carbons (Fsp3) is 0.161. The molecule has 0 saturated carbocycles. The Kier molecular flexibility index (Phi) is 6.73. The second kappa shape index (κ2) is 10.3. The van der Waals surface area contributed by atoms with Crippen LogP contribution in [0.15, 0.2) is 91.0 Å². The van der Waals surface area contributed by atoms with Gasteiger partial charge in [0.05, 0.1) is 18.1 Å². The average Bonchev–Trinajstić information content (AvgIpc) is 3.23. The van der Waals surface area contributed by atoms with E-state index in [0.717, 1.165) is 39.1 Å². The predicted octanol–water partition coefficient (Wildman–Crippen LogP) is 6.62. The number of nitrogens with zero attached hydrogens (tertiary/aromatic N) is 2. The summed E-state index contributed by atoms with van der Waals surface area (Å²) >= 11 is 0. The van der Waals surface area contributed by atoms with Crippen LogP contribution in [0, 0.1) is 19.7 Å². The Balaban J connectivity index is 1.66. The number of ether oxygens (including phenoxy) is 1. The van der Waals surface area contributed by atoms with Gasteiger partial charge in [-0.25, -0.2) is 9.37 Å². The number of halogens is 1. The van der Waals surface area contributed by atoms with Gasteiger partial charge in [0.2, 0.25) is 0 Å². The van der Waals surface area contributed by atoms with E-state index in [9.17, 15) is 9.18 Å². The van der Waals surface area contributed by atoms with E-state index in [4.69, 9.17) is 9.72 Å². The Hall–Kier alpha value is -4.45. The molecule has 1 heterocycles. The van der Waals surface area contributed by atoms with Crippen molar-refractivity contribution in [2.45, 2.75) is 26.3 Å². The van der Waals surface area contributed by atoms with Crippen LogP contribution in [0.4, 0.5) is 10.1 Å². The predicted molar refractivity (Wildman–Crippen MR) is 145 cm³/mol. The fourth-order valence-corrected chi connectivity index (χ4v) is 4.54. The van der Waals surface area contributed by atoms with Gasteiger partial charge < -0.3 is 14.6 Å². The summed E-state index contributed by atoms with van der Waals surface area (Å²) in [6.45, 7) is 4.11. The Morgan fingerprint density at radius 3 is 2.30 bits per heavy atom. The van der Waals surface area contributed by atoms with Gasteiger partial charge in [-0.1, -0.05) is 42.5 Å². The maximum Gasteiger partial charge on any atom is 0.252 e. The number of nitrogens with one attached hydrogen (secondary N) is 1. The monoisotopic (exact) mass is 493 g/mol. The van der Waals surface area contributed by atoms with E-state index in [1.165, 1.54) is 12.1 Å². The molecule has 1 N–H and O–H groups in total. The van der Waals surface area contributed by atoms with Crippen LogP contribution in [0.1, 0.15) is 34.1 Å². The summed E-state index contributed by atoms with van der Waals surface area (Å²) in [6, 6.07) is 26.8. The van der Waals surface area contributed by atoms with Gasteiger partial charge in [0.15, 0.2) is 0 Å². The van der Waals surface area contributed by atoms with Crippen LogP contribution in [0.2, 0.25) is 0 Å². The topological polar surface area (TPSA) is 56.1 Å². The zero-order chi connectivity index (χ0) is 25.9. The average molecular weight is 494 g/mol. The van der Waals surface area contributed by atoms with Crippen molar-refractivity contribution >= 4 is 22.6 Å². The van der Waals surface area contributed by atoms with E-state index in [1.807, 2.05) is 59.2 Å². The zero-order valence-corrected chi connectivity index (χ0v) is 21.0. The number of hydrogen-bond donors (Lipinski definition) is 1. The van der Waals surface area contributed by atoms with E-state index in [2.05, 4.69) is 31.3 Å². The highest BCUT2D eigenvalue weighted by Crippen LogP contribution is 2.31. The molecule has 0 fully saturated rings. The second-order valence-corrected chi connectivity index (χ2v) is 9.16. The molecule has 0 radical (unpaired) electrons. The number of rotatable bonds is 7. The summed E-state index contributed by atoms with van der Waals surface area (Å²) in [4.78, 5) is 18.9. The molecule has 5 aromatic rings. The summed E-state index contributed by atoms with van der Waals surface area (Å²) in [6.07, 6.45) is 0.451. The molecule has 186 valence electrons. The first-order chi connectivity index (χ1) is 17.9. The molecule has 5 rings (SSSR count). The number of carbonyl (C=O) groups excluding carboxylic acids is 1. The number of aromatic nitrogens is 2. The molecule has 0 aliphatic heterocycles. The molecule has 1 amide bonds. The lowest BCUT2D eigenvalue weighted by Crippen LogP contribution is -2.28. The molecule has 5 nitrogen and oxygen atoms in total. The van der Waals surface area contributed by atoms with Crippen molar-refractivity contribution in [2.24, 2.45) is 0 Å². The van der Waals surface area contributed by atoms with Gasteiger partial charge in [-0.3, -0.25) is 4.79 Å². The molecule has 0 aliphatic rings. The molecule has 0 unspecified atom stereocenters. The lowest BCUT2D eigenvalue weighted by Gasteiger charge is -2.22. The lowest BCUT2D eigenvalue weighted by atomic mass is 10.0. The molecular formula is C31H28FN3O2. The van der Waals surface area contributed by atoms with E-state index < -0.39 is 6.04 Å². The van der Waals surface area contributed by atoms with Crippen LogP contribution in [0.25, 0.3) is 11.0 Å². The van der Waals surface area contributed by atoms with Crippen molar-refractivity contribution in [1.29, 1.82) is 0 Å². The number of hydrogen-bond acceptors (Lipinski definition) is 3. The smallest absolute Gasteiger partial charge is 0.252 e. The maximum atomic E-state index is 14.0. The van der Waals surface area contributed by atoms with Crippen molar-refractivity contribution < 1.29 is 13.9 Å². The summed E-state index contributed by atoms with van der Waals surface area (Å²) in [5.41, 5.74) is 6.36. The Morgan fingerprint density at radius 2 is 1.62 bits per heavy atom. The summed E-state index contributed by atoms with van der Waals surface area (Å²) in [7, 11) is 1.61. The maximum absolute atomic E-state index is 14.0. The molecule has 4 aromatic carbocycles. The van der Waals surface area contributed by atoms with Gasteiger partial charge in [-0.05, 0) is 84.6 Å². The second-order valence-electron chi connectivity index (χ2n) is 9.16. The largest absolute Gasteiger partial charge is 0.497 e. The number of fused-ring (bicyclic) bond motifs is 1. The number of methoxy groups -OCH3 is 1. The van der Waals surface area contributed by atoms with Crippen molar-refractivity contribution in [1.82, 2.24) is 9.55 Å². The van der Waals surface area contributed by atoms with E-state index in [1.54, 1.807) is 19.2 Å². The molecular weight excluding hydrogens is 465 g/mol. The minimum absolute atomic E-state index is 0.186. The van der Waals surface area contributed by atoms with Crippen LogP contribution < -0.4 is 10.1 Å². The third-order valence-electron chi connectivity index (χ3n) is 6.63. The minimum atomic E-state index is -0.675. The highest BCUT2D eigenvalue weighted by molar-refractivity contribution is 5.97. The molecule has 1 atom stereocenters. The highest BCUT2D eigenvalue weighted by Gasteiger charge is 2.28. The molecule has 6 heteroatoms. The SMILES string of the molecule is COc1ccc(NC(=O)[C@H](c2ccccc2)n2c(Cc3ccc(F)cc3)nc3cc(C)c(C)cc32)cc1. The van der Waals surface area contributed by atoms with Gasteiger partial charge in [-0.15, -0.1) is 0 Å². The fourth-order valence-electron chi connectivity index (χ4n) is 4.54. The van der Waals surface area contributed by atoms with Gasteiger partial charge in [0.1, 0.15) is 23.4 Å². The van der Waals surface area contributed by atoms with Gasteiger partial charge in [0, 0.05) is 12.1 Å². The van der Waals surface area contributed by atoms with E-state index >= 15 is 0 Å². The van der Waals surface area contributed by atoms with Crippen LogP contribution in [0.5, 0.6) is 5.75 Å². The normalized spacial score (nSPS) is 11.9. The first-order valence-corrected chi connectivity index (χ1v) is 12.2. The van der Waals surface area contributed by atoms with Gasteiger partial charge in [0.25, 0.3) is 5.91 Å². The zero-order valence-electron chi connectivity index (χ0n) is 21.0. The summed E-state index contributed by atoms with van der Waals surface area (Å²) < 4.78 is 20.9. The number of aryl methyl sites for hydroxylation is 2.